The zero-order valence-electron chi connectivity index (χ0n) is 16.1. The lowest BCUT2D eigenvalue weighted by Gasteiger charge is -2.17. The molecule has 0 spiro atoms. The number of ether oxygens (including phenoxy) is 1. The number of nitrogens with zero attached hydrogens (tertiary/aromatic N) is 1. The monoisotopic (exact) mass is 416 g/mol. The normalized spacial score (nSPS) is 10.6. The maximum Gasteiger partial charge on any atom is 0.331 e. The van der Waals surface area contributed by atoms with Gasteiger partial charge in [-0.3, -0.25) is 9.59 Å². The molecule has 2 rings (SSSR count). The molecule has 0 radical (unpaired) electrons. The molecule has 2 aromatic carbocycles. The number of esters is 1. The molecule has 0 aliphatic rings. The minimum Gasteiger partial charge on any atom is -0.452 e. The van der Waals surface area contributed by atoms with E-state index in [1.54, 1.807) is 18.2 Å². The molecular formula is C21H21FN2O4S. The van der Waals surface area contributed by atoms with E-state index < -0.39 is 24.3 Å². The molecule has 0 atom stereocenters. The van der Waals surface area contributed by atoms with E-state index in [9.17, 15) is 18.8 Å². The first-order chi connectivity index (χ1) is 13.9. The van der Waals surface area contributed by atoms with Gasteiger partial charge in [-0.05, 0) is 42.2 Å². The standard InChI is InChI=1S/C21H21FN2O4S/c1-24(13-19(25)23-17-8-3-4-9-18(17)29-2)20(26)14-28-21(27)11-10-15-6-5-7-16(22)12-15/h3-12H,13-14H2,1-2H3,(H,23,25)/b11-10+. The number of hydrogen-bond donors (Lipinski definition) is 1. The largest absolute Gasteiger partial charge is 0.452 e. The molecule has 0 bridgehead atoms. The van der Waals surface area contributed by atoms with E-state index >= 15 is 0 Å². The number of thioether (sulfide) groups is 1. The predicted molar refractivity (Wildman–Crippen MR) is 111 cm³/mol. The van der Waals surface area contributed by atoms with Crippen molar-refractivity contribution in [2.45, 2.75) is 4.90 Å². The minimum atomic E-state index is -0.741. The molecule has 8 heteroatoms. The third-order valence-electron chi connectivity index (χ3n) is 3.79. The van der Waals surface area contributed by atoms with Crippen molar-refractivity contribution in [1.29, 1.82) is 0 Å². The molecular weight excluding hydrogens is 395 g/mol. The number of hydrogen-bond acceptors (Lipinski definition) is 5. The molecule has 0 aliphatic carbocycles. The van der Waals surface area contributed by atoms with Gasteiger partial charge in [0.1, 0.15) is 5.82 Å². The van der Waals surface area contributed by atoms with Crippen molar-refractivity contribution >= 4 is 41.3 Å². The third kappa shape index (κ3) is 7.42. The zero-order chi connectivity index (χ0) is 21.2. The summed E-state index contributed by atoms with van der Waals surface area (Å²) in [6, 6.07) is 13.0. The second-order valence-corrected chi connectivity index (χ2v) is 6.84. The fourth-order valence-electron chi connectivity index (χ4n) is 2.31. The van der Waals surface area contributed by atoms with Gasteiger partial charge in [0.2, 0.25) is 5.91 Å². The number of rotatable bonds is 8. The number of nitrogens with one attached hydrogen (secondary N) is 1. The highest BCUT2D eigenvalue weighted by Gasteiger charge is 2.15. The van der Waals surface area contributed by atoms with Crippen LogP contribution in [0.4, 0.5) is 10.1 Å². The lowest BCUT2D eigenvalue weighted by atomic mass is 10.2. The van der Waals surface area contributed by atoms with E-state index in [1.165, 1.54) is 48.0 Å². The summed E-state index contributed by atoms with van der Waals surface area (Å²) < 4.78 is 18.0. The highest BCUT2D eigenvalue weighted by Crippen LogP contribution is 2.24. The van der Waals surface area contributed by atoms with Gasteiger partial charge >= 0.3 is 5.97 Å². The van der Waals surface area contributed by atoms with Crippen LogP contribution in [0.15, 0.2) is 59.5 Å². The Morgan fingerprint density at radius 1 is 1.17 bits per heavy atom. The number of amides is 2. The van der Waals surface area contributed by atoms with Gasteiger partial charge in [-0.25, -0.2) is 9.18 Å². The topological polar surface area (TPSA) is 75.7 Å². The van der Waals surface area contributed by atoms with Gasteiger partial charge in [0.25, 0.3) is 5.91 Å². The van der Waals surface area contributed by atoms with E-state index in [0.29, 0.717) is 11.3 Å². The number of likely N-dealkylation sites (N-methyl/N-ethyl adjacent to an activating group) is 1. The van der Waals surface area contributed by atoms with Crippen LogP contribution in [0.2, 0.25) is 0 Å². The Labute approximate surface area is 172 Å². The van der Waals surface area contributed by atoms with Crippen LogP contribution in [0.1, 0.15) is 5.56 Å². The van der Waals surface area contributed by atoms with Gasteiger partial charge in [0, 0.05) is 18.0 Å². The Kier molecular flexibility index (Phi) is 8.42. The number of halogens is 1. The number of para-hydroxylation sites is 1. The van der Waals surface area contributed by atoms with Crippen LogP contribution in [-0.4, -0.2) is 49.1 Å². The van der Waals surface area contributed by atoms with Crippen LogP contribution >= 0.6 is 11.8 Å². The molecule has 0 saturated carbocycles. The summed E-state index contributed by atoms with van der Waals surface area (Å²) in [5, 5.41) is 2.75. The summed E-state index contributed by atoms with van der Waals surface area (Å²) in [7, 11) is 1.44. The van der Waals surface area contributed by atoms with Crippen molar-refractivity contribution in [2.75, 3.05) is 31.8 Å². The molecule has 0 aliphatic heterocycles. The van der Waals surface area contributed by atoms with Gasteiger partial charge in [0.05, 0.1) is 12.2 Å². The van der Waals surface area contributed by atoms with Crippen molar-refractivity contribution < 1.29 is 23.5 Å². The lowest BCUT2D eigenvalue weighted by molar-refractivity contribution is -0.148. The van der Waals surface area contributed by atoms with Gasteiger partial charge in [-0.1, -0.05) is 24.3 Å². The molecule has 0 heterocycles. The molecule has 0 saturated heterocycles. The van der Waals surface area contributed by atoms with Crippen LogP contribution in [0.3, 0.4) is 0 Å². The summed E-state index contributed by atoms with van der Waals surface area (Å²) in [4.78, 5) is 38.0. The Morgan fingerprint density at radius 3 is 2.66 bits per heavy atom. The summed E-state index contributed by atoms with van der Waals surface area (Å²) in [5.41, 5.74) is 1.16. The van der Waals surface area contributed by atoms with Gasteiger partial charge in [-0.2, -0.15) is 0 Å². The number of carbonyl (C=O) groups is 3. The molecule has 2 aromatic rings. The van der Waals surface area contributed by atoms with Gasteiger partial charge < -0.3 is 15.0 Å². The van der Waals surface area contributed by atoms with Crippen molar-refractivity contribution in [2.24, 2.45) is 0 Å². The van der Waals surface area contributed by atoms with Crippen molar-refractivity contribution in [3.63, 3.8) is 0 Å². The predicted octanol–water partition coefficient (Wildman–Crippen LogP) is 3.20. The smallest absolute Gasteiger partial charge is 0.331 e. The van der Waals surface area contributed by atoms with Crippen LogP contribution in [-0.2, 0) is 19.1 Å². The summed E-state index contributed by atoms with van der Waals surface area (Å²) in [6.07, 6.45) is 4.39. The SMILES string of the molecule is CSc1ccccc1NC(=O)CN(C)C(=O)COC(=O)/C=C/c1cccc(F)c1. The fraction of sp³-hybridized carbons (Fsp3) is 0.190. The molecule has 152 valence electrons. The summed E-state index contributed by atoms with van der Waals surface area (Å²) >= 11 is 1.50. The zero-order valence-corrected chi connectivity index (χ0v) is 16.9. The molecule has 6 nitrogen and oxygen atoms in total. The summed E-state index contributed by atoms with van der Waals surface area (Å²) in [5.74, 6) is -2.05. The fourth-order valence-corrected chi connectivity index (χ4v) is 2.86. The highest BCUT2D eigenvalue weighted by atomic mass is 32.2. The van der Waals surface area contributed by atoms with Crippen LogP contribution in [0.5, 0.6) is 0 Å². The lowest BCUT2D eigenvalue weighted by Crippen LogP contribution is -2.37. The van der Waals surface area contributed by atoms with Crippen LogP contribution in [0.25, 0.3) is 6.08 Å². The summed E-state index contributed by atoms with van der Waals surface area (Å²) in [6.45, 7) is -0.685. The van der Waals surface area contributed by atoms with Crippen LogP contribution in [0, 0.1) is 5.82 Å². The minimum absolute atomic E-state index is 0.182. The first kappa shape index (κ1) is 22.2. The van der Waals surface area contributed by atoms with E-state index in [4.69, 9.17) is 4.74 Å². The molecule has 0 aromatic heterocycles. The molecule has 0 fully saturated rings. The van der Waals surface area contributed by atoms with Crippen molar-refractivity contribution in [3.8, 4) is 0 Å². The Hall–Kier alpha value is -3.13. The van der Waals surface area contributed by atoms with Crippen LogP contribution < -0.4 is 5.32 Å². The van der Waals surface area contributed by atoms with Gasteiger partial charge in [0.15, 0.2) is 6.61 Å². The first-order valence-corrected chi connectivity index (χ1v) is 9.88. The maximum atomic E-state index is 13.1. The first-order valence-electron chi connectivity index (χ1n) is 8.66. The Morgan fingerprint density at radius 2 is 1.93 bits per heavy atom. The average molecular weight is 416 g/mol. The third-order valence-corrected chi connectivity index (χ3v) is 4.58. The Bertz CT molecular complexity index is 917. The highest BCUT2D eigenvalue weighted by molar-refractivity contribution is 7.98. The second-order valence-electron chi connectivity index (χ2n) is 5.99. The number of anilines is 1. The maximum absolute atomic E-state index is 13.1. The van der Waals surface area contributed by atoms with E-state index in [1.807, 2.05) is 18.4 Å². The average Bonchev–Trinajstić information content (AvgIpc) is 2.70. The second kappa shape index (κ2) is 11.0. The van der Waals surface area contributed by atoms with E-state index in [0.717, 1.165) is 11.0 Å². The van der Waals surface area contributed by atoms with Gasteiger partial charge in [-0.15, -0.1) is 11.8 Å². The Balaban J connectivity index is 1.79. The molecule has 29 heavy (non-hydrogen) atoms. The molecule has 0 unspecified atom stereocenters. The number of carbonyl (C=O) groups excluding carboxylic acids is 3. The quantitative estimate of drug-likeness (QED) is 0.406. The number of benzene rings is 2. The van der Waals surface area contributed by atoms with E-state index in [-0.39, 0.29) is 12.5 Å². The van der Waals surface area contributed by atoms with Crippen molar-refractivity contribution in [3.05, 3.63) is 66.0 Å². The van der Waals surface area contributed by atoms with Crippen molar-refractivity contribution in [1.82, 2.24) is 4.90 Å². The van der Waals surface area contributed by atoms with E-state index in [2.05, 4.69) is 5.32 Å². The molecule has 1 N–H and O–H groups in total. The molecule has 2 amide bonds.